The summed E-state index contributed by atoms with van der Waals surface area (Å²) in [5, 5.41) is 19.0. The van der Waals surface area contributed by atoms with E-state index in [1.165, 1.54) is 0 Å². The van der Waals surface area contributed by atoms with Gasteiger partial charge in [0, 0.05) is 0 Å². The molecule has 4 heteroatoms. The van der Waals surface area contributed by atoms with Crippen molar-refractivity contribution in [2.45, 2.75) is 32.0 Å². The first-order chi connectivity index (χ1) is 8.11. The minimum Gasteiger partial charge on any atom is -0.437 e. The summed E-state index contributed by atoms with van der Waals surface area (Å²) in [6, 6.07) is 7.50. The van der Waals surface area contributed by atoms with E-state index in [1.807, 2.05) is 38.1 Å². The number of aliphatic hydroxyl groups is 2. The molecule has 0 saturated carbocycles. The third-order valence-electron chi connectivity index (χ3n) is 2.75. The first-order valence-electron chi connectivity index (χ1n) is 5.58. The molecule has 0 aliphatic carbocycles. The fourth-order valence-electron chi connectivity index (χ4n) is 1.87. The first-order valence-corrected chi connectivity index (χ1v) is 5.58. The van der Waals surface area contributed by atoms with E-state index in [0.29, 0.717) is 0 Å². The summed E-state index contributed by atoms with van der Waals surface area (Å²) >= 11 is 0. The van der Waals surface area contributed by atoms with Crippen LogP contribution in [0, 0.1) is 0 Å². The Balaban J connectivity index is 3.06. The van der Waals surface area contributed by atoms with Crippen molar-refractivity contribution < 1.29 is 19.7 Å². The van der Waals surface area contributed by atoms with Gasteiger partial charge in [0.1, 0.15) is 0 Å². The van der Waals surface area contributed by atoms with Crippen molar-refractivity contribution in [3.8, 4) is 0 Å². The van der Waals surface area contributed by atoms with E-state index in [-0.39, 0.29) is 19.0 Å². The van der Waals surface area contributed by atoms with Crippen LogP contribution in [0.3, 0.4) is 0 Å². The van der Waals surface area contributed by atoms with Gasteiger partial charge >= 0.3 is 0 Å². The summed E-state index contributed by atoms with van der Waals surface area (Å²) in [5.74, 6) is -0.345. The average molecular weight is 238 g/mol. The maximum atomic E-state index is 10.2. The fraction of sp³-hybridized carbons (Fsp3) is 0.462. The topological polar surface area (TPSA) is 66.8 Å². The normalized spacial score (nSPS) is 14.4. The lowest BCUT2D eigenvalue weighted by Gasteiger charge is -2.23. The Labute approximate surface area is 101 Å². The number of benzene rings is 1. The molecule has 17 heavy (non-hydrogen) atoms. The molecule has 0 amide bonds. The van der Waals surface area contributed by atoms with Crippen LogP contribution in [0.5, 0.6) is 0 Å². The lowest BCUT2D eigenvalue weighted by molar-refractivity contribution is -0.157. The van der Waals surface area contributed by atoms with Crippen molar-refractivity contribution in [3.63, 3.8) is 0 Å². The molecule has 1 aromatic carbocycles. The van der Waals surface area contributed by atoms with Crippen molar-refractivity contribution in [2.75, 3.05) is 6.61 Å². The van der Waals surface area contributed by atoms with Crippen LogP contribution < -0.4 is 0 Å². The van der Waals surface area contributed by atoms with Crippen LogP contribution in [0.15, 0.2) is 24.3 Å². The van der Waals surface area contributed by atoms with Crippen molar-refractivity contribution >= 4 is 6.47 Å². The summed E-state index contributed by atoms with van der Waals surface area (Å²) in [5.41, 5.74) is 1.83. The van der Waals surface area contributed by atoms with Crippen LogP contribution in [0.4, 0.5) is 0 Å². The first kappa shape index (κ1) is 13.7. The van der Waals surface area contributed by atoms with Gasteiger partial charge in [-0.05, 0) is 17.0 Å². The average Bonchev–Trinajstić information content (AvgIpc) is 2.31. The lowest BCUT2D eigenvalue weighted by Crippen LogP contribution is -2.25. The maximum Gasteiger partial charge on any atom is 0.295 e. The van der Waals surface area contributed by atoms with E-state index in [4.69, 9.17) is 0 Å². The second-order valence-electron chi connectivity index (χ2n) is 4.20. The molecule has 1 rings (SSSR count). The molecule has 0 aliphatic rings. The largest absolute Gasteiger partial charge is 0.437 e. The van der Waals surface area contributed by atoms with Crippen LogP contribution in [-0.4, -0.2) is 29.6 Å². The number of ether oxygens (including phenoxy) is 1. The summed E-state index contributed by atoms with van der Waals surface area (Å²) in [6.45, 7) is 3.96. The quantitative estimate of drug-likeness (QED) is 0.580. The Morgan fingerprint density at radius 1 is 1.29 bits per heavy atom. The van der Waals surface area contributed by atoms with Crippen LogP contribution >= 0.6 is 0 Å². The van der Waals surface area contributed by atoms with Crippen LogP contribution in [0.1, 0.15) is 36.8 Å². The van der Waals surface area contributed by atoms with Crippen molar-refractivity contribution in [3.05, 3.63) is 35.4 Å². The monoisotopic (exact) mass is 238 g/mol. The molecule has 2 atom stereocenters. The fourth-order valence-corrected chi connectivity index (χ4v) is 1.87. The van der Waals surface area contributed by atoms with Gasteiger partial charge in [-0.15, -0.1) is 0 Å². The highest BCUT2D eigenvalue weighted by atomic mass is 16.6. The number of aliphatic hydroxyl groups excluding tert-OH is 2. The predicted molar refractivity (Wildman–Crippen MR) is 63.5 cm³/mol. The molecule has 0 aromatic heterocycles. The molecule has 0 fully saturated rings. The SMILES string of the molecule is CC(C)c1ccccc1C(CO)C(O)OC=O. The van der Waals surface area contributed by atoms with Crippen molar-refractivity contribution in [2.24, 2.45) is 0 Å². The van der Waals surface area contributed by atoms with Gasteiger partial charge < -0.3 is 14.9 Å². The van der Waals surface area contributed by atoms with E-state index in [0.717, 1.165) is 11.1 Å². The van der Waals surface area contributed by atoms with Crippen LogP contribution in [0.2, 0.25) is 0 Å². The van der Waals surface area contributed by atoms with Gasteiger partial charge in [0.05, 0.1) is 12.5 Å². The number of carbonyl (C=O) groups is 1. The van der Waals surface area contributed by atoms with Gasteiger partial charge in [-0.2, -0.15) is 0 Å². The molecule has 94 valence electrons. The minimum atomic E-state index is -1.32. The Hall–Kier alpha value is -1.39. The van der Waals surface area contributed by atoms with Crippen LogP contribution in [0.25, 0.3) is 0 Å². The number of hydrogen-bond acceptors (Lipinski definition) is 4. The zero-order valence-electron chi connectivity index (χ0n) is 10.0. The predicted octanol–water partition coefficient (Wildman–Crippen LogP) is 1.38. The third kappa shape index (κ3) is 3.28. The maximum absolute atomic E-state index is 10.2. The smallest absolute Gasteiger partial charge is 0.295 e. The molecule has 0 spiro atoms. The Bertz CT molecular complexity index is 362. The van der Waals surface area contributed by atoms with E-state index < -0.39 is 12.2 Å². The molecule has 2 N–H and O–H groups in total. The Morgan fingerprint density at radius 3 is 2.35 bits per heavy atom. The highest BCUT2D eigenvalue weighted by Crippen LogP contribution is 2.28. The van der Waals surface area contributed by atoms with Gasteiger partial charge in [0.25, 0.3) is 6.47 Å². The standard InChI is InChI=1S/C13H18O4/c1-9(2)10-5-3-4-6-11(10)12(7-14)13(16)17-8-15/h3-6,8-9,12-14,16H,7H2,1-2H3. The molecule has 0 radical (unpaired) electrons. The molecule has 0 aliphatic heterocycles. The van der Waals surface area contributed by atoms with E-state index in [1.54, 1.807) is 0 Å². The van der Waals surface area contributed by atoms with Gasteiger partial charge in [-0.3, -0.25) is 4.79 Å². The van der Waals surface area contributed by atoms with Gasteiger partial charge in [-0.25, -0.2) is 0 Å². The molecule has 0 bridgehead atoms. The van der Waals surface area contributed by atoms with E-state index in [9.17, 15) is 15.0 Å². The minimum absolute atomic E-state index is 0.186. The zero-order valence-corrected chi connectivity index (χ0v) is 10.0. The second-order valence-corrected chi connectivity index (χ2v) is 4.20. The summed E-state index contributed by atoms with van der Waals surface area (Å²) in [7, 11) is 0. The molecule has 2 unspecified atom stereocenters. The van der Waals surface area contributed by atoms with Crippen molar-refractivity contribution in [1.29, 1.82) is 0 Å². The van der Waals surface area contributed by atoms with E-state index in [2.05, 4.69) is 4.74 Å². The van der Waals surface area contributed by atoms with Gasteiger partial charge in [0.2, 0.25) is 6.29 Å². The summed E-state index contributed by atoms with van der Waals surface area (Å²) < 4.78 is 4.50. The molecule has 0 heterocycles. The third-order valence-corrected chi connectivity index (χ3v) is 2.75. The number of rotatable bonds is 6. The van der Waals surface area contributed by atoms with Crippen LogP contribution in [-0.2, 0) is 9.53 Å². The summed E-state index contributed by atoms with van der Waals surface area (Å²) in [6.07, 6.45) is -1.32. The molecular weight excluding hydrogens is 220 g/mol. The highest BCUT2D eigenvalue weighted by Gasteiger charge is 2.24. The molecular formula is C13H18O4. The molecule has 1 aromatic rings. The number of hydrogen-bond donors (Lipinski definition) is 2. The second kappa shape index (κ2) is 6.37. The summed E-state index contributed by atoms with van der Waals surface area (Å²) in [4.78, 5) is 10.2. The highest BCUT2D eigenvalue weighted by molar-refractivity contribution is 5.38. The Kier molecular flexibility index (Phi) is 5.12. The molecule has 4 nitrogen and oxygen atoms in total. The van der Waals surface area contributed by atoms with Gasteiger partial charge in [-0.1, -0.05) is 38.1 Å². The zero-order chi connectivity index (χ0) is 12.8. The Morgan fingerprint density at radius 2 is 1.88 bits per heavy atom. The van der Waals surface area contributed by atoms with Crippen molar-refractivity contribution in [1.82, 2.24) is 0 Å². The van der Waals surface area contributed by atoms with Gasteiger partial charge in [0.15, 0.2) is 0 Å². The van der Waals surface area contributed by atoms with E-state index >= 15 is 0 Å². The molecule has 0 saturated heterocycles. The number of carbonyl (C=O) groups excluding carboxylic acids is 1. The lowest BCUT2D eigenvalue weighted by atomic mass is 9.89.